The molecule has 0 amide bonds. The van der Waals surface area contributed by atoms with E-state index in [2.05, 4.69) is 49.7 Å². The first-order valence-corrected chi connectivity index (χ1v) is 9.90. The largest absolute Gasteiger partial charge is 0.310 e. The molecule has 3 atom stereocenters. The van der Waals surface area contributed by atoms with Crippen molar-refractivity contribution in [3.63, 3.8) is 0 Å². The van der Waals surface area contributed by atoms with Gasteiger partial charge in [-0.3, -0.25) is 0 Å². The van der Waals surface area contributed by atoms with Crippen molar-refractivity contribution in [2.45, 2.75) is 63.3 Å². The molecule has 0 aromatic heterocycles. The van der Waals surface area contributed by atoms with Crippen LogP contribution >= 0.6 is 11.8 Å². The van der Waals surface area contributed by atoms with Crippen molar-refractivity contribution >= 4 is 11.8 Å². The van der Waals surface area contributed by atoms with Crippen molar-refractivity contribution in [2.24, 2.45) is 11.8 Å². The fourth-order valence-corrected chi connectivity index (χ4v) is 4.54. The number of nitrogens with one attached hydrogen (secondary N) is 1. The molecule has 1 saturated carbocycles. The first-order chi connectivity index (χ1) is 10.3. The summed E-state index contributed by atoms with van der Waals surface area (Å²) in [5, 5.41) is 3.88. The Kier molecular flexibility index (Phi) is 7.12. The number of hydrogen-bond donors (Lipinski definition) is 1. The highest BCUT2D eigenvalue weighted by Crippen LogP contribution is 2.42. The van der Waals surface area contributed by atoms with Gasteiger partial charge in [0.25, 0.3) is 0 Å². The lowest BCUT2D eigenvalue weighted by molar-refractivity contribution is 0.174. The van der Waals surface area contributed by atoms with E-state index in [1.54, 1.807) is 0 Å². The molecule has 0 saturated heterocycles. The van der Waals surface area contributed by atoms with E-state index < -0.39 is 0 Å². The second-order valence-electron chi connectivity index (χ2n) is 6.29. The van der Waals surface area contributed by atoms with Crippen LogP contribution < -0.4 is 5.32 Å². The van der Waals surface area contributed by atoms with Crippen molar-refractivity contribution in [3.05, 3.63) is 29.8 Å². The molecular formula is C19H31NS. The van der Waals surface area contributed by atoms with Crippen LogP contribution in [-0.2, 0) is 0 Å². The molecule has 21 heavy (non-hydrogen) atoms. The third-order valence-electron chi connectivity index (χ3n) is 5.01. The molecule has 0 spiro atoms. The van der Waals surface area contributed by atoms with Gasteiger partial charge in [0.15, 0.2) is 0 Å². The Bertz CT molecular complexity index is 418. The summed E-state index contributed by atoms with van der Waals surface area (Å²) >= 11 is 1.89. The average molecular weight is 306 g/mol. The summed E-state index contributed by atoms with van der Waals surface area (Å²) in [5.41, 5.74) is 1.53. The van der Waals surface area contributed by atoms with E-state index in [4.69, 9.17) is 0 Å². The smallest absolute Gasteiger partial charge is 0.0362 e. The van der Waals surface area contributed by atoms with Crippen LogP contribution in [0, 0.1) is 11.8 Å². The Morgan fingerprint density at radius 1 is 1.19 bits per heavy atom. The van der Waals surface area contributed by atoms with E-state index in [1.165, 1.54) is 49.0 Å². The van der Waals surface area contributed by atoms with E-state index >= 15 is 0 Å². The molecule has 3 unspecified atom stereocenters. The van der Waals surface area contributed by atoms with E-state index in [0.29, 0.717) is 6.04 Å². The molecule has 2 heteroatoms. The topological polar surface area (TPSA) is 12.0 Å². The molecule has 1 aliphatic carbocycles. The number of thioether (sulfide) groups is 1. The van der Waals surface area contributed by atoms with Gasteiger partial charge < -0.3 is 5.32 Å². The van der Waals surface area contributed by atoms with Gasteiger partial charge in [0.2, 0.25) is 0 Å². The standard InChI is InChI=1S/C19H31NS/c1-4-14-20-19(16-11-7-6-10-15(16)5-2)17-12-8-9-13-18(17)21-3/h8-9,12-13,15-16,19-20H,4-7,10-11,14H2,1-3H3. The lowest BCUT2D eigenvalue weighted by Crippen LogP contribution is -2.35. The van der Waals surface area contributed by atoms with Crippen molar-refractivity contribution < 1.29 is 0 Å². The number of hydrogen-bond acceptors (Lipinski definition) is 2. The van der Waals surface area contributed by atoms with Crippen LogP contribution in [0.25, 0.3) is 0 Å². The zero-order valence-corrected chi connectivity index (χ0v) is 14.7. The quantitative estimate of drug-likeness (QED) is 0.652. The molecule has 1 aromatic rings. The Hall–Kier alpha value is -0.470. The van der Waals surface area contributed by atoms with Gasteiger partial charge in [0, 0.05) is 10.9 Å². The van der Waals surface area contributed by atoms with E-state index in [0.717, 1.165) is 18.4 Å². The maximum absolute atomic E-state index is 3.88. The minimum Gasteiger partial charge on any atom is -0.310 e. The third kappa shape index (κ3) is 4.26. The molecular weight excluding hydrogens is 274 g/mol. The van der Waals surface area contributed by atoms with Gasteiger partial charge in [-0.2, -0.15) is 0 Å². The molecule has 118 valence electrons. The SMILES string of the molecule is CCCNC(c1ccccc1SC)C1CCCCC1CC. The van der Waals surface area contributed by atoms with Crippen LogP contribution in [0.3, 0.4) is 0 Å². The lowest BCUT2D eigenvalue weighted by Gasteiger charge is -2.38. The predicted octanol–water partition coefficient (Wildman–Crippen LogP) is 5.67. The summed E-state index contributed by atoms with van der Waals surface area (Å²) in [6.45, 7) is 5.77. The minimum atomic E-state index is 0.541. The van der Waals surface area contributed by atoms with E-state index in [-0.39, 0.29) is 0 Å². The fourth-order valence-electron chi connectivity index (χ4n) is 3.90. The molecule has 0 aliphatic heterocycles. The van der Waals surface area contributed by atoms with Gasteiger partial charge in [-0.05, 0) is 49.1 Å². The van der Waals surface area contributed by atoms with Gasteiger partial charge in [-0.25, -0.2) is 0 Å². The van der Waals surface area contributed by atoms with Crippen LogP contribution in [0.1, 0.15) is 64.0 Å². The van der Waals surface area contributed by atoms with Crippen molar-refractivity contribution in [2.75, 3.05) is 12.8 Å². The molecule has 1 aliphatic rings. The normalized spacial score (nSPS) is 24.0. The predicted molar refractivity (Wildman–Crippen MR) is 95.0 cm³/mol. The van der Waals surface area contributed by atoms with Gasteiger partial charge >= 0.3 is 0 Å². The Labute approximate surface area is 135 Å². The summed E-state index contributed by atoms with van der Waals surface area (Å²) in [6.07, 6.45) is 10.4. The number of benzene rings is 1. The Morgan fingerprint density at radius 3 is 2.67 bits per heavy atom. The van der Waals surface area contributed by atoms with E-state index in [9.17, 15) is 0 Å². The molecule has 1 nitrogen and oxygen atoms in total. The summed E-state index contributed by atoms with van der Waals surface area (Å²) in [7, 11) is 0. The highest BCUT2D eigenvalue weighted by Gasteiger charge is 2.32. The summed E-state index contributed by atoms with van der Waals surface area (Å²) in [5.74, 6) is 1.70. The average Bonchev–Trinajstić information content (AvgIpc) is 2.56. The molecule has 0 heterocycles. The summed E-state index contributed by atoms with van der Waals surface area (Å²) < 4.78 is 0. The molecule has 1 aromatic carbocycles. The maximum atomic E-state index is 3.88. The van der Waals surface area contributed by atoms with Crippen molar-refractivity contribution in [1.82, 2.24) is 5.32 Å². The Balaban J connectivity index is 2.28. The maximum Gasteiger partial charge on any atom is 0.0362 e. The van der Waals surface area contributed by atoms with Gasteiger partial charge in [-0.15, -0.1) is 11.8 Å². The zero-order chi connectivity index (χ0) is 15.1. The van der Waals surface area contributed by atoms with Crippen molar-refractivity contribution in [1.29, 1.82) is 0 Å². The second kappa shape index (κ2) is 8.85. The lowest BCUT2D eigenvalue weighted by atomic mass is 9.72. The van der Waals surface area contributed by atoms with Crippen LogP contribution in [0.2, 0.25) is 0 Å². The third-order valence-corrected chi connectivity index (χ3v) is 5.82. The first-order valence-electron chi connectivity index (χ1n) is 8.68. The molecule has 0 radical (unpaired) electrons. The summed E-state index contributed by atoms with van der Waals surface area (Å²) in [6, 6.07) is 9.55. The zero-order valence-electron chi connectivity index (χ0n) is 13.9. The second-order valence-corrected chi connectivity index (χ2v) is 7.14. The first kappa shape index (κ1) is 16.9. The van der Waals surface area contributed by atoms with Crippen LogP contribution in [0.5, 0.6) is 0 Å². The molecule has 0 bridgehead atoms. The fraction of sp³-hybridized carbons (Fsp3) is 0.684. The minimum absolute atomic E-state index is 0.541. The van der Waals surface area contributed by atoms with Crippen LogP contribution in [0.4, 0.5) is 0 Å². The van der Waals surface area contributed by atoms with Crippen LogP contribution in [0.15, 0.2) is 29.2 Å². The van der Waals surface area contributed by atoms with Crippen molar-refractivity contribution in [3.8, 4) is 0 Å². The molecule has 2 rings (SSSR count). The van der Waals surface area contributed by atoms with Gasteiger partial charge in [-0.1, -0.05) is 57.7 Å². The van der Waals surface area contributed by atoms with Gasteiger partial charge in [0.05, 0.1) is 0 Å². The van der Waals surface area contributed by atoms with E-state index in [1.807, 2.05) is 11.8 Å². The van der Waals surface area contributed by atoms with Crippen LogP contribution in [-0.4, -0.2) is 12.8 Å². The highest BCUT2D eigenvalue weighted by atomic mass is 32.2. The number of rotatable bonds is 7. The molecule has 1 fully saturated rings. The highest BCUT2D eigenvalue weighted by molar-refractivity contribution is 7.98. The summed E-state index contributed by atoms with van der Waals surface area (Å²) in [4.78, 5) is 1.45. The van der Waals surface area contributed by atoms with Gasteiger partial charge in [0.1, 0.15) is 0 Å². The molecule has 1 N–H and O–H groups in total. The monoisotopic (exact) mass is 305 g/mol. The Morgan fingerprint density at radius 2 is 1.95 bits per heavy atom.